The highest BCUT2D eigenvalue weighted by atomic mass is 16.5. The molecule has 0 aliphatic carbocycles. The highest BCUT2D eigenvalue weighted by molar-refractivity contribution is 5.98. The Morgan fingerprint density at radius 3 is 2.30 bits per heavy atom. The molecule has 0 aromatic rings. The van der Waals surface area contributed by atoms with Crippen LogP contribution in [0.2, 0.25) is 0 Å². The van der Waals surface area contributed by atoms with E-state index in [4.69, 9.17) is 10.9 Å². The number of carbonyl (C=O) groups excluding carboxylic acids is 2. The lowest BCUT2D eigenvalue weighted by atomic mass is 10.1. The maximum absolute atomic E-state index is 10.5. The number of hydroxylamine groups is 1. The molecule has 0 radical (unpaired) electrons. The molecule has 0 bridgehead atoms. The van der Waals surface area contributed by atoms with Crippen LogP contribution in [0.25, 0.3) is 0 Å². The SMILES string of the molecule is CCC(C(N)=O)C(=O)NO. The van der Waals surface area contributed by atoms with Crippen molar-refractivity contribution < 1.29 is 14.8 Å². The lowest BCUT2D eigenvalue weighted by Crippen LogP contribution is -2.36. The molecule has 5 nitrogen and oxygen atoms in total. The van der Waals surface area contributed by atoms with Crippen molar-refractivity contribution in [1.29, 1.82) is 0 Å². The zero-order valence-corrected chi connectivity index (χ0v) is 5.63. The third kappa shape index (κ3) is 2.02. The maximum Gasteiger partial charge on any atom is 0.255 e. The van der Waals surface area contributed by atoms with Crippen molar-refractivity contribution in [3.63, 3.8) is 0 Å². The van der Waals surface area contributed by atoms with Crippen molar-refractivity contribution >= 4 is 11.8 Å². The molecule has 0 saturated carbocycles. The van der Waals surface area contributed by atoms with E-state index in [1.165, 1.54) is 5.48 Å². The Hall–Kier alpha value is -1.10. The van der Waals surface area contributed by atoms with Crippen molar-refractivity contribution in [3.8, 4) is 0 Å². The fraction of sp³-hybridized carbons (Fsp3) is 0.600. The Labute approximate surface area is 58.2 Å². The van der Waals surface area contributed by atoms with Gasteiger partial charge in [0.05, 0.1) is 0 Å². The fourth-order valence-corrected chi connectivity index (χ4v) is 0.594. The van der Waals surface area contributed by atoms with E-state index in [1.54, 1.807) is 6.92 Å². The van der Waals surface area contributed by atoms with Crippen LogP contribution in [0, 0.1) is 5.92 Å². The standard InChI is InChI=1S/C5H10N2O3/c1-2-3(4(6)8)5(9)7-10/h3,10H,2H2,1H3,(H2,6,8)(H,7,9). The van der Waals surface area contributed by atoms with E-state index in [-0.39, 0.29) is 0 Å². The third-order valence-corrected chi connectivity index (χ3v) is 1.18. The minimum absolute atomic E-state index is 0.293. The molecule has 0 heterocycles. The predicted molar refractivity (Wildman–Crippen MR) is 32.9 cm³/mol. The van der Waals surface area contributed by atoms with Crippen LogP contribution < -0.4 is 11.2 Å². The zero-order chi connectivity index (χ0) is 8.15. The van der Waals surface area contributed by atoms with Crippen LogP contribution in [0.1, 0.15) is 13.3 Å². The van der Waals surface area contributed by atoms with Gasteiger partial charge in [0.15, 0.2) is 0 Å². The molecule has 0 spiro atoms. The fourth-order valence-electron chi connectivity index (χ4n) is 0.594. The van der Waals surface area contributed by atoms with Gasteiger partial charge in [-0.25, -0.2) is 5.48 Å². The Balaban J connectivity index is 4.06. The van der Waals surface area contributed by atoms with Gasteiger partial charge in [-0.05, 0) is 6.42 Å². The summed E-state index contributed by atoms with van der Waals surface area (Å²) in [6, 6.07) is 0. The first-order chi connectivity index (χ1) is 4.63. The van der Waals surface area contributed by atoms with Crippen molar-refractivity contribution in [1.82, 2.24) is 5.48 Å². The Kier molecular flexibility index (Phi) is 3.42. The van der Waals surface area contributed by atoms with Gasteiger partial charge in [0.25, 0.3) is 5.91 Å². The normalized spacial score (nSPS) is 12.2. The van der Waals surface area contributed by atoms with E-state index >= 15 is 0 Å². The largest absolute Gasteiger partial charge is 0.369 e. The number of rotatable bonds is 3. The van der Waals surface area contributed by atoms with Crippen LogP contribution >= 0.6 is 0 Å². The third-order valence-electron chi connectivity index (χ3n) is 1.18. The van der Waals surface area contributed by atoms with Gasteiger partial charge in [0.2, 0.25) is 5.91 Å². The van der Waals surface area contributed by atoms with Crippen LogP contribution in [-0.2, 0) is 9.59 Å². The maximum atomic E-state index is 10.5. The minimum atomic E-state index is -0.926. The van der Waals surface area contributed by atoms with Crippen LogP contribution in [0.15, 0.2) is 0 Å². The molecule has 0 rings (SSSR count). The number of hydrogen-bond acceptors (Lipinski definition) is 3. The summed E-state index contributed by atoms with van der Waals surface area (Å²) >= 11 is 0. The summed E-state index contributed by atoms with van der Waals surface area (Å²) in [5, 5.41) is 8.08. The minimum Gasteiger partial charge on any atom is -0.369 e. The van der Waals surface area contributed by atoms with E-state index in [1.807, 2.05) is 0 Å². The summed E-state index contributed by atoms with van der Waals surface area (Å²) < 4.78 is 0. The molecule has 2 amide bonds. The van der Waals surface area contributed by atoms with Gasteiger partial charge >= 0.3 is 0 Å². The van der Waals surface area contributed by atoms with E-state index in [2.05, 4.69) is 0 Å². The lowest BCUT2D eigenvalue weighted by molar-refractivity contribution is -0.139. The topological polar surface area (TPSA) is 92.4 Å². The molecule has 1 atom stereocenters. The van der Waals surface area contributed by atoms with Crippen LogP contribution in [0.3, 0.4) is 0 Å². The lowest BCUT2D eigenvalue weighted by Gasteiger charge is -2.06. The second-order valence-corrected chi connectivity index (χ2v) is 1.84. The second kappa shape index (κ2) is 3.84. The van der Waals surface area contributed by atoms with Crippen LogP contribution in [-0.4, -0.2) is 17.0 Å². The van der Waals surface area contributed by atoms with E-state index < -0.39 is 17.7 Å². The van der Waals surface area contributed by atoms with Crippen LogP contribution in [0.5, 0.6) is 0 Å². The molecule has 10 heavy (non-hydrogen) atoms. The van der Waals surface area contributed by atoms with Gasteiger partial charge in [-0.1, -0.05) is 6.92 Å². The molecule has 58 valence electrons. The molecule has 0 saturated heterocycles. The molecule has 1 unspecified atom stereocenters. The molecule has 4 N–H and O–H groups in total. The summed E-state index contributed by atoms with van der Waals surface area (Å²) in [5.74, 6) is -2.41. The number of nitrogens with one attached hydrogen (secondary N) is 1. The Morgan fingerprint density at radius 1 is 1.70 bits per heavy atom. The number of carbonyl (C=O) groups is 2. The van der Waals surface area contributed by atoms with Gasteiger partial charge < -0.3 is 5.73 Å². The summed E-state index contributed by atoms with van der Waals surface area (Å²) in [7, 11) is 0. The first-order valence-electron chi connectivity index (χ1n) is 2.86. The number of nitrogens with two attached hydrogens (primary N) is 1. The van der Waals surface area contributed by atoms with Crippen LogP contribution in [0.4, 0.5) is 0 Å². The number of hydrogen-bond donors (Lipinski definition) is 3. The molecule has 5 heteroatoms. The zero-order valence-electron chi connectivity index (χ0n) is 5.63. The molecule has 0 aromatic carbocycles. The van der Waals surface area contributed by atoms with Gasteiger partial charge in [0.1, 0.15) is 5.92 Å². The first kappa shape index (κ1) is 8.90. The van der Waals surface area contributed by atoms with Crippen molar-refractivity contribution in [2.75, 3.05) is 0 Å². The van der Waals surface area contributed by atoms with E-state index in [0.717, 1.165) is 0 Å². The highest BCUT2D eigenvalue weighted by Gasteiger charge is 2.20. The Morgan fingerprint density at radius 2 is 2.20 bits per heavy atom. The average Bonchev–Trinajstić information content (AvgIpc) is 1.88. The second-order valence-electron chi connectivity index (χ2n) is 1.84. The number of amides is 2. The summed E-state index contributed by atoms with van der Waals surface area (Å²) in [4.78, 5) is 20.9. The van der Waals surface area contributed by atoms with Crippen molar-refractivity contribution in [2.45, 2.75) is 13.3 Å². The monoisotopic (exact) mass is 146 g/mol. The van der Waals surface area contributed by atoms with Gasteiger partial charge in [-0.3, -0.25) is 14.8 Å². The summed E-state index contributed by atoms with van der Waals surface area (Å²) in [6.45, 7) is 1.63. The van der Waals surface area contributed by atoms with E-state index in [9.17, 15) is 9.59 Å². The van der Waals surface area contributed by atoms with Gasteiger partial charge in [-0.2, -0.15) is 0 Å². The quantitative estimate of drug-likeness (QED) is 0.271. The molecular weight excluding hydrogens is 136 g/mol. The molecule has 0 fully saturated rings. The molecular formula is C5H10N2O3. The molecule has 0 aliphatic heterocycles. The summed E-state index contributed by atoms with van der Waals surface area (Å²) in [5.41, 5.74) is 6.17. The first-order valence-corrected chi connectivity index (χ1v) is 2.86. The van der Waals surface area contributed by atoms with Gasteiger partial charge in [-0.15, -0.1) is 0 Å². The van der Waals surface area contributed by atoms with Gasteiger partial charge in [0, 0.05) is 0 Å². The van der Waals surface area contributed by atoms with Crippen molar-refractivity contribution in [3.05, 3.63) is 0 Å². The molecule has 0 aromatic heterocycles. The van der Waals surface area contributed by atoms with Crippen molar-refractivity contribution in [2.24, 2.45) is 11.7 Å². The van der Waals surface area contributed by atoms with E-state index in [0.29, 0.717) is 6.42 Å². The Bertz CT molecular complexity index is 146. The highest BCUT2D eigenvalue weighted by Crippen LogP contribution is 1.99. The predicted octanol–water partition coefficient (Wildman–Crippen LogP) is -0.997. The smallest absolute Gasteiger partial charge is 0.255 e. The number of primary amides is 1. The average molecular weight is 146 g/mol. The summed E-state index contributed by atoms with van der Waals surface area (Å²) in [6.07, 6.45) is 0.293. The molecule has 0 aliphatic rings.